The fourth-order valence-electron chi connectivity index (χ4n) is 1.52. The summed E-state index contributed by atoms with van der Waals surface area (Å²) in [6.07, 6.45) is 1.59. The Morgan fingerprint density at radius 3 is 2.69 bits per heavy atom. The predicted octanol–water partition coefficient (Wildman–Crippen LogP) is 1.17. The van der Waals surface area contributed by atoms with E-state index < -0.39 is 5.97 Å². The fourth-order valence-corrected chi connectivity index (χ4v) is 1.69. The molecule has 0 spiro atoms. The second-order valence-corrected chi connectivity index (χ2v) is 3.62. The number of carboxylic acid groups (broad SMARTS) is 1. The second-order valence-electron chi connectivity index (χ2n) is 3.28. The summed E-state index contributed by atoms with van der Waals surface area (Å²) in [4.78, 5) is 14.8. The average molecular weight is 241 g/mol. The molecular weight excluding hydrogens is 232 g/mol. The minimum Gasteiger partial charge on any atom is -0.476 e. The Morgan fingerprint density at radius 2 is 2.19 bits per heavy atom. The van der Waals surface area contributed by atoms with Crippen molar-refractivity contribution in [2.45, 2.75) is 0 Å². The zero-order valence-electron chi connectivity index (χ0n) is 8.68. The van der Waals surface area contributed by atoms with Gasteiger partial charge in [0, 0.05) is 20.3 Å². The Hall–Kier alpha value is -1.82. The first kappa shape index (κ1) is 10.7. The van der Waals surface area contributed by atoms with Crippen molar-refractivity contribution in [1.82, 2.24) is 19.3 Å². The first-order valence-corrected chi connectivity index (χ1v) is 4.84. The number of carboxylic acids is 1. The van der Waals surface area contributed by atoms with E-state index in [0.29, 0.717) is 11.4 Å². The van der Waals surface area contributed by atoms with E-state index in [0.717, 1.165) is 0 Å². The van der Waals surface area contributed by atoms with Crippen molar-refractivity contribution in [3.63, 3.8) is 0 Å². The number of rotatable bonds is 2. The summed E-state index contributed by atoms with van der Waals surface area (Å²) < 4.78 is 3.09. The third kappa shape index (κ3) is 1.47. The highest BCUT2D eigenvalue weighted by Crippen LogP contribution is 2.25. The van der Waals surface area contributed by atoms with Gasteiger partial charge < -0.3 is 9.67 Å². The van der Waals surface area contributed by atoms with Gasteiger partial charge in [-0.05, 0) is 17.7 Å². The maximum Gasteiger partial charge on any atom is 0.356 e. The maximum absolute atomic E-state index is 11.0. The van der Waals surface area contributed by atoms with E-state index in [9.17, 15) is 4.79 Å². The lowest BCUT2D eigenvalue weighted by molar-refractivity contribution is 0.0692. The molecule has 0 radical (unpaired) electrons. The van der Waals surface area contributed by atoms with E-state index in [1.807, 2.05) is 0 Å². The van der Waals surface area contributed by atoms with E-state index in [1.54, 1.807) is 31.0 Å². The Kier molecular flexibility index (Phi) is 2.43. The Morgan fingerprint density at radius 1 is 1.50 bits per heavy atom. The normalized spacial score (nSPS) is 10.7. The summed E-state index contributed by atoms with van der Waals surface area (Å²) in [7, 11) is 3.38. The number of aromatic nitrogens is 4. The molecule has 2 aromatic heterocycles. The van der Waals surface area contributed by atoms with Crippen LogP contribution < -0.4 is 0 Å². The molecule has 1 N–H and O–H groups in total. The average Bonchev–Trinajstić information content (AvgIpc) is 2.73. The highest BCUT2D eigenvalue weighted by molar-refractivity contribution is 6.29. The van der Waals surface area contributed by atoms with Crippen LogP contribution in [0.5, 0.6) is 0 Å². The first-order chi connectivity index (χ1) is 7.52. The van der Waals surface area contributed by atoms with E-state index in [1.165, 1.54) is 4.57 Å². The first-order valence-electron chi connectivity index (χ1n) is 4.46. The maximum atomic E-state index is 11.0. The lowest BCUT2D eigenvalue weighted by Gasteiger charge is -2.04. The molecule has 0 saturated heterocycles. The SMILES string of the molecule is Cn1nccc1-c1c(C(=O)O)nc(Cl)n1C. The quantitative estimate of drug-likeness (QED) is 0.855. The summed E-state index contributed by atoms with van der Waals surface area (Å²) in [6, 6.07) is 1.71. The van der Waals surface area contributed by atoms with Gasteiger partial charge in [-0.3, -0.25) is 4.68 Å². The van der Waals surface area contributed by atoms with Gasteiger partial charge in [0.15, 0.2) is 5.69 Å². The number of imidazole rings is 1. The minimum absolute atomic E-state index is 0.0731. The van der Waals surface area contributed by atoms with Crippen molar-refractivity contribution in [1.29, 1.82) is 0 Å². The number of nitrogens with zero attached hydrogens (tertiary/aromatic N) is 4. The Balaban J connectivity index is 2.73. The fraction of sp³-hybridized carbons (Fsp3) is 0.222. The lowest BCUT2D eigenvalue weighted by Crippen LogP contribution is -2.04. The van der Waals surface area contributed by atoms with Gasteiger partial charge in [0.25, 0.3) is 0 Å². The molecule has 6 nitrogen and oxygen atoms in total. The Labute approximate surface area is 96.1 Å². The minimum atomic E-state index is -1.11. The molecule has 0 bridgehead atoms. The van der Waals surface area contributed by atoms with Gasteiger partial charge in [0.05, 0.1) is 5.69 Å². The molecule has 0 fully saturated rings. The van der Waals surface area contributed by atoms with Crippen LogP contribution in [-0.4, -0.2) is 30.4 Å². The van der Waals surface area contributed by atoms with Crippen LogP contribution in [0, 0.1) is 0 Å². The molecule has 7 heteroatoms. The van der Waals surface area contributed by atoms with Crippen molar-refractivity contribution in [2.24, 2.45) is 14.1 Å². The number of carbonyl (C=O) groups is 1. The number of hydrogen-bond acceptors (Lipinski definition) is 3. The molecular formula is C9H9ClN4O2. The third-order valence-corrected chi connectivity index (χ3v) is 2.64. The van der Waals surface area contributed by atoms with Crippen molar-refractivity contribution in [3.8, 4) is 11.4 Å². The van der Waals surface area contributed by atoms with Gasteiger partial charge in [-0.25, -0.2) is 9.78 Å². The molecule has 2 heterocycles. The second kappa shape index (κ2) is 3.64. The number of hydrogen-bond donors (Lipinski definition) is 1. The molecule has 2 aromatic rings. The summed E-state index contributed by atoms with van der Waals surface area (Å²) in [5, 5.41) is 13.1. The molecule has 0 amide bonds. The smallest absolute Gasteiger partial charge is 0.356 e. The van der Waals surface area contributed by atoms with Crippen LogP contribution in [0.15, 0.2) is 12.3 Å². The largest absolute Gasteiger partial charge is 0.476 e. The zero-order valence-corrected chi connectivity index (χ0v) is 9.43. The molecule has 0 saturated carbocycles. The molecule has 0 aliphatic rings. The van der Waals surface area contributed by atoms with Crippen molar-refractivity contribution in [3.05, 3.63) is 23.2 Å². The molecule has 0 atom stereocenters. The molecule has 2 rings (SSSR count). The van der Waals surface area contributed by atoms with E-state index in [-0.39, 0.29) is 11.0 Å². The van der Waals surface area contributed by atoms with Crippen LogP contribution in [0.2, 0.25) is 5.28 Å². The molecule has 16 heavy (non-hydrogen) atoms. The highest BCUT2D eigenvalue weighted by Gasteiger charge is 2.22. The van der Waals surface area contributed by atoms with Gasteiger partial charge in [0.1, 0.15) is 5.69 Å². The van der Waals surface area contributed by atoms with E-state index in [4.69, 9.17) is 16.7 Å². The molecule has 0 unspecified atom stereocenters. The van der Waals surface area contributed by atoms with Crippen LogP contribution in [0.4, 0.5) is 0 Å². The lowest BCUT2D eigenvalue weighted by atomic mass is 10.2. The zero-order chi connectivity index (χ0) is 11.9. The van der Waals surface area contributed by atoms with Crippen molar-refractivity contribution < 1.29 is 9.90 Å². The number of aromatic carboxylic acids is 1. The van der Waals surface area contributed by atoms with Gasteiger partial charge >= 0.3 is 5.97 Å². The molecule has 0 aliphatic heterocycles. The van der Waals surface area contributed by atoms with Crippen LogP contribution in [-0.2, 0) is 14.1 Å². The molecule has 84 valence electrons. The van der Waals surface area contributed by atoms with Crippen LogP contribution >= 0.6 is 11.6 Å². The predicted molar refractivity (Wildman–Crippen MR) is 57.4 cm³/mol. The van der Waals surface area contributed by atoms with Gasteiger partial charge in [-0.15, -0.1) is 0 Å². The van der Waals surface area contributed by atoms with E-state index >= 15 is 0 Å². The summed E-state index contributed by atoms with van der Waals surface area (Å²) in [5.41, 5.74) is 1.02. The monoisotopic (exact) mass is 240 g/mol. The standard InChI is InChI=1S/C9H9ClN4O2/c1-13-7(5-3-4-11-14(5)2)6(8(15)16)12-9(13)10/h3-4H,1-2H3,(H,15,16). The number of halogens is 1. The van der Waals surface area contributed by atoms with Crippen LogP contribution in [0.25, 0.3) is 11.4 Å². The highest BCUT2D eigenvalue weighted by atomic mass is 35.5. The van der Waals surface area contributed by atoms with Crippen molar-refractivity contribution >= 4 is 17.6 Å². The van der Waals surface area contributed by atoms with Gasteiger partial charge in [-0.2, -0.15) is 5.10 Å². The topological polar surface area (TPSA) is 72.9 Å². The molecule has 0 aromatic carbocycles. The van der Waals surface area contributed by atoms with Crippen LogP contribution in [0.3, 0.4) is 0 Å². The third-order valence-electron chi connectivity index (χ3n) is 2.31. The summed E-state index contributed by atoms with van der Waals surface area (Å²) >= 11 is 5.81. The summed E-state index contributed by atoms with van der Waals surface area (Å²) in [5.74, 6) is -1.11. The van der Waals surface area contributed by atoms with Gasteiger partial charge in [0.2, 0.25) is 5.28 Å². The summed E-state index contributed by atoms with van der Waals surface area (Å²) in [6.45, 7) is 0. The molecule has 0 aliphatic carbocycles. The van der Waals surface area contributed by atoms with E-state index in [2.05, 4.69) is 10.1 Å². The van der Waals surface area contributed by atoms with Crippen molar-refractivity contribution in [2.75, 3.05) is 0 Å². The number of aryl methyl sites for hydroxylation is 1. The van der Waals surface area contributed by atoms with Gasteiger partial charge in [-0.1, -0.05) is 0 Å². The Bertz CT molecular complexity index is 558. The van der Waals surface area contributed by atoms with Crippen LogP contribution in [0.1, 0.15) is 10.5 Å².